The van der Waals surface area contributed by atoms with Crippen molar-refractivity contribution in [3.05, 3.63) is 70.8 Å². The van der Waals surface area contributed by atoms with Gasteiger partial charge in [0.25, 0.3) is 0 Å². The molecule has 102 valence electrons. The van der Waals surface area contributed by atoms with Gasteiger partial charge < -0.3 is 5.73 Å². The smallest absolute Gasteiger partial charge is 0.0393 e. The fourth-order valence-electron chi connectivity index (χ4n) is 3.79. The first-order valence-electron chi connectivity index (χ1n) is 7.72. The minimum absolute atomic E-state index is 0.135. The number of nitrogens with two attached hydrogens (primary N) is 1. The lowest BCUT2D eigenvalue weighted by molar-refractivity contribution is 0.541. The van der Waals surface area contributed by atoms with Crippen molar-refractivity contribution in [1.29, 1.82) is 0 Å². The Labute approximate surface area is 120 Å². The molecular weight excluding hydrogens is 242 g/mol. The first-order chi connectivity index (χ1) is 9.79. The van der Waals surface area contributed by atoms with Crippen LogP contribution in [0.15, 0.2) is 48.5 Å². The molecule has 1 unspecified atom stereocenters. The molecule has 1 nitrogen and oxygen atoms in total. The summed E-state index contributed by atoms with van der Waals surface area (Å²) >= 11 is 0. The molecule has 0 amide bonds. The molecular formula is C19H21N. The molecule has 1 atom stereocenters. The summed E-state index contributed by atoms with van der Waals surface area (Å²) < 4.78 is 0. The second-order valence-corrected chi connectivity index (χ2v) is 6.38. The summed E-state index contributed by atoms with van der Waals surface area (Å²) in [5, 5.41) is 0. The molecule has 2 aliphatic rings. The fraction of sp³-hybridized carbons (Fsp3) is 0.368. The van der Waals surface area contributed by atoms with E-state index in [2.05, 4.69) is 48.5 Å². The lowest BCUT2D eigenvalue weighted by atomic mass is 9.84. The van der Waals surface area contributed by atoms with Crippen LogP contribution in [0.1, 0.15) is 47.6 Å². The van der Waals surface area contributed by atoms with Gasteiger partial charge in [-0.15, -0.1) is 0 Å². The molecule has 1 saturated carbocycles. The highest BCUT2D eigenvalue weighted by atomic mass is 14.7. The molecule has 2 N–H and O–H groups in total. The van der Waals surface area contributed by atoms with Crippen LogP contribution in [0, 0.1) is 0 Å². The van der Waals surface area contributed by atoms with Crippen molar-refractivity contribution in [2.75, 3.05) is 0 Å². The summed E-state index contributed by atoms with van der Waals surface area (Å²) in [6.45, 7) is 0. The van der Waals surface area contributed by atoms with Crippen LogP contribution in [0.3, 0.4) is 0 Å². The highest BCUT2D eigenvalue weighted by Crippen LogP contribution is 2.55. The van der Waals surface area contributed by atoms with E-state index >= 15 is 0 Å². The van der Waals surface area contributed by atoms with Gasteiger partial charge in [0.2, 0.25) is 0 Å². The third kappa shape index (κ3) is 1.81. The molecule has 2 aromatic carbocycles. The Morgan fingerprint density at radius 1 is 0.900 bits per heavy atom. The molecule has 1 heteroatoms. The van der Waals surface area contributed by atoms with Crippen molar-refractivity contribution in [2.24, 2.45) is 5.73 Å². The molecule has 0 aromatic heterocycles. The minimum atomic E-state index is 0.135. The van der Waals surface area contributed by atoms with Crippen LogP contribution >= 0.6 is 0 Å². The minimum Gasteiger partial charge on any atom is -0.323 e. The van der Waals surface area contributed by atoms with Gasteiger partial charge in [-0.05, 0) is 54.4 Å². The van der Waals surface area contributed by atoms with E-state index in [-0.39, 0.29) is 11.5 Å². The number of hydrogen-bond donors (Lipinski definition) is 1. The lowest BCUT2D eigenvalue weighted by Gasteiger charge is -2.25. The Bertz CT molecular complexity index is 625. The second-order valence-electron chi connectivity index (χ2n) is 6.38. The van der Waals surface area contributed by atoms with E-state index in [1.807, 2.05) is 0 Å². The molecule has 1 fully saturated rings. The zero-order valence-electron chi connectivity index (χ0n) is 11.8. The average Bonchev–Trinajstić information content (AvgIpc) is 3.18. The van der Waals surface area contributed by atoms with E-state index in [4.69, 9.17) is 5.73 Å². The van der Waals surface area contributed by atoms with Gasteiger partial charge in [0, 0.05) is 11.5 Å². The number of aryl methyl sites for hydroxylation is 2. The average molecular weight is 263 g/mol. The third-order valence-corrected chi connectivity index (χ3v) is 5.21. The van der Waals surface area contributed by atoms with Gasteiger partial charge in [-0.25, -0.2) is 0 Å². The molecule has 2 aromatic rings. The molecule has 4 rings (SSSR count). The van der Waals surface area contributed by atoms with Crippen molar-refractivity contribution in [2.45, 2.75) is 43.6 Å². The van der Waals surface area contributed by atoms with Crippen molar-refractivity contribution in [3.8, 4) is 0 Å². The molecule has 0 heterocycles. The van der Waals surface area contributed by atoms with Crippen LogP contribution in [0.5, 0.6) is 0 Å². The lowest BCUT2D eigenvalue weighted by Crippen LogP contribution is -2.26. The van der Waals surface area contributed by atoms with Crippen LogP contribution in [-0.4, -0.2) is 0 Å². The molecule has 0 radical (unpaired) electrons. The Morgan fingerprint density at radius 3 is 2.40 bits per heavy atom. The van der Waals surface area contributed by atoms with Crippen LogP contribution < -0.4 is 5.73 Å². The summed E-state index contributed by atoms with van der Waals surface area (Å²) in [5.41, 5.74) is 12.6. The zero-order valence-corrected chi connectivity index (χ0v) is 11.8. The van der Waals surface area contributed by atoms with Gasteiger partial charge >= 0.3 is 0 Å². The van der Waals surface area contributed by atoms with E-state index < -0.39 is 0 Å². The van der Waals surface area contributed by atoms with Crippen molar-refractivity contribution in [3.63, 3.8) is 0 Å². The summed E-state index contributed by atoms with van der Waals surface area (Å²) in [6, 6.07) is 17.9. The Hall–Kier alpha value is -1.60. The largest absolute Gasteiger partial charge is 0.323 e. The van der Waals surface area contributed by atoms with Gasteiger partial charge in [0.05, 0.1) is 0 Å². The molecule has 20 heavy (non-hydrogen) atoms. The number of fused-ring (bicyclic) bond motifs is 1. The standard InChI is InChI=1S/C19H21N/c20-18(16-10-9-14-5-4-6-15(14)13-16)19(11-12-19)17-7-2-1-3-8-17/h1-3,7-10,13,18H,4-6,11-12,20H2. The molecule has 0 bridgehead atoms. The van der Waals surface area contributed by atoms with E-state index in [9.17, 15) is 0 Å². The van der Waals surface area contributed by atoms with E-state index in [0.29, 0.717) is 0 Å². The SMILES string of the molecule is NC(c1ccc2c(c1)CCC2)C1(c2ccccc2)CC1. The summed E-state index contributed by atoms with van der Waals surface area (Å²) in [7, 11) is 0. The fourth-order valence-corrected chi connectivity index (χ4v) is 3.79. The normalized spacial score (nSPS) is 20.4. The maximum absolute atomic E-state index is 6.66. The topological polar surface area (TPSA) is 26.0 Å². The van der Waals surface area contributed by atoms with E-state index in [0.717, 1.165) is 0 Å². The zero-order chi connectivity index (χ0) is 13.6. The van der Waals surface area contributed by atoms with Crippen LogP contribution in [0.25, 0.3) is 0 Å². The Kier molecular flexibility index (Phi) is 2.71. The number of hydrogen-bond acceptors (Lipinski definition) is 1. The van der Waals surface area contributed by atoms with E-state index in [1.165, 1.54) is 54.4 Å². The molecule has 0 aliphatic heterocycles. The number of benzene rings is 2. The second kappa shape index (κ2) is 4.46. The first kappa shape index (κ1) is 12.2. The number of rotatable bonds is 3. The van der Waals surface area contributed by atoms with Crippen LogP contribution in [0.2, 0.25) is 0 Å². The van der Waals surface area contributed by atoms with Gasteiger partial charge in [-0.2, -0.15) is 0 Å². The van der Waals surface area contributed by atoms with Crippen LogP contribution in [-0.2, 0) is 18.3 Å². The molecule has 2 aliphatic carbocycles. The van der Waals surface area contributed by atoms with Gasteiger partial charge in [-0.1, -0.05) is 48.5 Å². The highest BCUT2D eigenvalue weighted by molar-refractivity contribution is 5.42. The Morgan fingerprint density at radius 2 is 1.65 bits per heavy atom. The maximum Gasteiger partial charge on any atom is 0.0393 e. The molecule has 0 saturated heterocycles. The summed E-state index contributed by atoms with van der Waals surface area (Å²) in [5.74, 6) is 0. The van der Waals surface area contributed by atoms with Crippen molar-refractivity contribution < 1.29 is 0 Å². The van der Waals surface area contributed by atoms with Gasteiger partial charge in [0.1, 0.15) is 0 Å². The quantitative estimate of drug-likeness (QED) is 0.892. The van der Waals surface area contributed by atoms with Crippen molar-refractivity contribution in [1.82, 2.24) is 0 Å². The maximum atomic E-state index is 6.66. The summed E-state index contributed by atoms with van der Waals surface area (Å²) in [4.78, 5) is 0. The molecule has 0 spiro atoms. The first-order valence-corrected chi connectivity index (χ1v) is 7.72. The predicted octanol–water partition coefficient (Wildman–Crippen LogP) is 3.91. The van der Waals surface area contributed by atoms with Gasteiger partial charge in [-0.3, -0.25) is 0 Å². The monoisotopic (exact) mass is 263 g/mol. The van der Waals surface area contributed by atoms with Crippen LogP contribution in [0.4, 0.5) is 0 Å². The highest BCUT2D eigenvalue weighted by Gasteiger charge is 2.49. The van der Waals surface area contributed by atoms with E-state index in [1.54, 1.807) is 0 Å². The Balaban J connectivity index is 1.69. The predicted molar refractivity (Wildman–Crippen MR) is 82.7 cm³/mol. The third-order valence-electron chi connectivity index (χ3n) is 5.21. The van der Waals surface area contributed by atoms with Crippen molar-refractivity contribution >= 4 is 0 Å². The van der Waals surface area contributed by atoms with Gasteiger partial charge in [0.15, 0.2) is 0 Å². The summed E-state index contributed by atoms with van der Waals surface area (Å²) in [6.07, 6.45) is 6.21.